The molecule has 5 heteroatoms. The average molecular weight is 483 g/mol. The number of benzene rings is 5. The molecule has 0 atom stereocenters. The Morgan fingerprint density at radius 1 is 0.784 bits per heavy atom. The van der Waals surface area contributed by atoms with E-state index < -0.39 is 11.9 Å². The zero-order valence-corrected chi connectivity index (χ0v) is 20.1. The SMILES string of the molecule is Cc1ccc(NC(=O)/C(C#N)=C\c2c(OC(=O)c3cccc4ccccc34)ccc3ccccc23)cc1. The molecule has 5 rings (SSSR count). The van der Waals surface area contributed by atoms with Crippen molar-refractivity contribution in [3.63, 3.8) is 0 Å². The molecule has 0 fully saturated rings. The number of carbonyl (C=O) groups excluding carboxylic acids is 2. The molecule has 0 unspecified atom stereocenters. The molecule has 1 N–H and O–H groups in total. The molecular weight excluding hydrogens is 460 g/mol. The maximum Gasteiger partial charge on any atom is 0.344 e. The van der Waals surface area contributed by atoms with Crippen LogP contribution in [-0.4, -0.2) is 11.9 Å². The van der Waals surface area contributed by atoms with Crippen LogP contribution in [0, 0.1) is 18.3 Å². The molecule has 0 radical (unpaired) electrons. The van der Waals surface area contributed by atoms with Crippen molar-refractivity contribution >= 4 is 45.2 Å². The number of carbonyl (C=O) groups is 2. The van der Waals surface area contributed by atoms with Gasteiger partial charge in [0.1, 0.15) is 17.4 Å². The van der Waals surface area contributed by atoms with Gasteiger partial charge < -0.3 is 10.1 Å². The summed E-state index contributed by atoms with van der Waals surface area (Å²) in [4.78, 5) is 26.2. The lowest BCUT2D eigenvalue weighted by Crippen LogP contribution is -2.14. The van der Waals surface area contributed by atoms with Gasteiger partial charge in [-0.25, -0.2) is 4.79 Å². The summed E-state index contributed by atoms with van der Waals surface area (Å²) in [6.07, 6.45) is 1.47. The highest BCUT2D eigenvalue weighted by Crippen LogP contribution is 2.32. The highest BCUT2D eigenvalue weighted by Gasteiger charge is 2.18. The fourth-order valence-electron chi connectivity index (χ4n) is 4.20. The molecule has 37 heavy (non-hydrogen) atoms. The van der Waals surface area contributed by atoms with Crippen LogP contribution in [0.3, 0.4) is 0 Å². The van der Waals surface area contributed by atoms with Gasteiger partial charge in [0, 0.05) is 11.3 Å². The molecular formula is C32H22N2O3. The van der Waals surface area contributed by atoms with Gasteiger partial charge in [0.25, 0.3) is 5.91 Å². The second-order valence-electron chi connectivity index (χ2n) is 8.60. The predicted octanol–water partition coefficient (Wildman–Crippen LogP) is 7.07. The fourth-order valence-corrected chi connectivity index (χ4v) is 4.20. The van der Waals surface area contributed by atoms with Crippen molar-refractivity contribution in [2.75, 3.05) is 5.32 Å². The van der Waals surface area contributed by atoms with Crippen LogP contribution in [0.25, 0.3) is 27.6 Å². The first-order valence-corrected chi connectivity index (χ1v) is 11.7. The Kier molecular flexibility index (Phi) is 6.48. The number of rotatable bonds is 5. The third-order valence-electron chi connectivity index (χ3n) is 6.11. The first kappa shape index (κ1) is 23.5. The molecule has 0 heterocycles. The monoisotopic (exact) mass is 482 g/mol. The number of nitriles is 1. The Bertz CT molecular complexity index is 1720. The number of amides is 1. The second kappa shape index (κ2) is 10.2. The lowest BCUT2D eigenvalue weighted by Gasteiger charge is -2.13. The molecule has 178 valence electrons. The third-order valence-corrected chi connectivity index (χ3v) is 6.11. The van der Waals surface area contributed by atoms with Crippen molar-refractivity contribution in [3.05, 3.63) is 125 Å². The molecule has 0 bridgehead atoms. The number of nitrogens with zero attached hydrogens (tertiary/aromatic N) is 1. The Labute approximate surface area is 214 Å². The molecule has 5 aromatic carbocycles. The van der Waals surface area contributed by atoms with Crippen LogP contribution in [0.5, 0.6) is 5.75 Å². The summed E-state index contributed by atoms with van der Waals surface area (Å²) >= 11 is 0. The van der Waals surface area contributed by atoms with Crippen LogP contribution < -0.4 is 10.1 Å². The number of anilines is 1. The van der Waals surface area contributed by atoms with Crippen LogP contribution in [0.4, 0.5) is 5.69 Å². The molecule has 0 saturated heterocycles. The van der Waals surface area contributed by atoms with E-state index in [4.69, 9.17) is 4.74 Å². The number of fused-ring (bicyclic) bond motifs is 2. The van der Waals surface area contributed by atoms with Crippen molar-refractivity contribution in [2.24, 2.45) is 0 Å². The van der Waals surface area contributed by atoms with Crippen molar-refractivity contribution in [1.29, 1.82) is 5.26 Å². The summed E-state index contributed by atoms with van der Waals surface area (Å²) in [7, 11) is 0. The van der Waals surface area contributed by atoms with Gasteiger partial charge >= 0.3 is 5.97 Å². The topological polar surface area (TPSA) is 79.2 Å². The van der Waals surface area contributed by atoms with E-state index in [9.17, 15) is 14.9 Å². The summed E-state index contributed by atoms with van der Waals surface area (Å²) in [5.74, 6) is -0.817. The quantitative estimate of drug-likeness (QED) is 0.126. The smallest absolute Gasteiger partial charge is 0.344 e. The van der Waals surface area contributed by atoms with Crippen LogP contribution >= 0.6 is 0 Å². The number of hydrogen-bond donors (Lipinski definition) is 1. The second-order valence-corrected chi connectivity index (χ2v) is 8.60. The lowest BCUT2D eigenvalue weighted by atomic mass is 10.0. The van der Waals surface area contributed by atoms with Crippen LogP contribution in [0.15, 0.2) is 109 Å². The van der Waals surface area contributed by atoms with E-state index in [0.717, 1.165) is 27.1 Å². The minimum Gasteiger partial charge on any atom is -0.422 e. The molecule has 0 aliphatic carbocycles. The zero-order chi connectivity index (χ0) is 25.8. The number of aryl methyl sites for hydroxylation is 1. The van der Waals surface area contributed by atoms with Gasteiger partial charge in [0.2, 0.25) is 0 Å². The molecule has 0 aliphatic rings. The van der Waals surface area contributed by atoms with Gasteiger partial charge in [-0.05, 0) is 58.8 Å². The van der Waals surface area contributed by atoms with Gasteiger partial charge in [0.05, 0.1) is 5.56 Å². The summed E-state index contributed by atoms with van der Waals surface area (Å²) in [5, 5.41) is 15.9. The molecule has 0 aromatic heterocycles. The number of esters is 1. The maximum atomic E-state index is 13.3. The standard InChI is InChI=1S/C32H22N2O3/c1-21-13-16-25(17-14-21)34-31(35)24(20-33)19-29-27-11-5-3-8-23(27)15-18-30(29)37-32(36)28-12-6-9-22-7-2-4-10-26(22)28/h2-19H,1H3,(H,34,35)/b24-19-. The number of ether oxygens (including phenoxy) is 1. The van der Waals surface area contributed by atoms with Gasteiger partial charge in [0.15, 0.2) is 0 Å². The summed E-state index contributed by atoms with van der Waals surface area (Å²) < 4.78 is 5.88. The van der Waals surface area contributed by atoms with E-state index in [2.05, 4.69) is 5.32 Å². The highest BCUT2D eigenvalue weighted by atomic mass is 16.5. The minimum absolute atomic E-state index is 0.112. The zero-order valence-electron chi connectivity index (χ0n) is 20.1. The Hall–Kier alpha value is -5.21. The fraction of sp³-hybridized carbons (Fsp3) is 0.0312. The lowest BCUT2D eigenvalue weighted by molar-refractivity contribution is -0.112. The van der Waals surface area contributed by atoms with Gasteiger partial charge in [-0.15, -0.1) is 0 Å². The van der Waals surface area contributed by atoms with Crippen LogP contribution in [0.2, 0.25) is 0 Å². The van der Waals surface area contributed by atoms with E-state index in [-0.39, 0.29) is 11.3 Å². The largest absolute Gasteiger partial charge is 0.422 e. The molecule has 0 saturated carbocycles. The van der Waals surface area contributed by atoms with Crippen LogP contribution in [-0.2, 0) is 4.79 Å². The van der Waals surface area contributed by atoms with E-state index in [1.54, 1.807) is 24.3 Å². The van der Waals surface area contributed by atoms with E-state index in [1.807, 2.05) is 91.9 Å². The molecule has 5 aromatic rings. The van der Waals surface area contributed by atoms with E-state index in [1.165, 1.54) is 6.08 Å². The Morgan fingerprint density at radius 2 is 1.43 bits per heavy atom. The minimum atomic E-state index is -0.550. The normalized spacial score (nSPS) is 11.2. The van der Waals surface area contributed by atoms with Crippen LogP contribution in [0.1, 0.15) is 21.5 Å². The van der Waals surface area contributed by atoms with E-state index in [0.29, 0.717) is 16.8 Å². The summed E-state index contributed by atoms with van der Waals surface area (Å²) in [6, 6.07) is 33.4. The molecule has 5 nitrogen and oxygen atoms in total. The third kappa shape index (κ3) is 4.95. The Morgan fingerprint density at radius 3 is 2.16 bits per heavy atom. The van der Waals surface area contributed by atoms with Gasteiger partial charge in [-0.2, -0.15) is 5.26 Å². The first-order valence-electron chi connectivity index (χ1n) is 11.7. The molecule has 0 spiro atoms. The van der Waals surface area contributed by atoms with Gasteiger partial charge in [-0.3, -0.25) is 4.79 Å². The van der Waals surface area contributed by atoms with Crippen molar-refractivity contribution in [1.82, 2.24) is 0 Å². The highest BCUT2D eigenvalue weighted by molar-refractivity contribution is 6.11. The van der Waals surface area contributed by atoms with Gasteiger partial charge in [-0.1, -0.05) is 84.4 Å². The number of nitrogens with one attached hydrogen (secondary N) is 1. The first-order chi connectivity index (χ1) is 18.0. The molecule has 0 aliphatic heterocycles. The Balaban J connectivity index is 1.55. The number of hydrogen-bond acceptors (Lipinski definition) is 4. The van der Waals surface area contributed by atoms with Crippen molar-refractivity contribution in [3.8, 4) is 11.8 Å². The van der Waals surface area contributed by atoms with E-state index >= 15 is 0 Å². The van der Waals surface area contributed by atoms with Crippen molar-refractivity contribution in [2.45, 2.75) is 6.92 Å². The predicted molar refractivity (Wildman–Crippen MR) is 146 cm³/mol. The maximum absolute atomic E-state index is 13.3. The molecule has 1 amide bonds. The average Bonchev–Trinajstić information content (AvgIpc) is 2.93. The summed E-state index contributed by atoms with van der Waals surface area (Å²) in [6.45, 7) is 1.95. The summed E-state index contributed by atoms with van der Waals surface area (Å²) in [5.41, 5.74) is 2.43. The van der Waals surface area contributed by atoms with Crippen molar-refractivity contribution < 1.29 is 14.3 Å².